The zero-order chi connectivity index (χ0) is 23.0. The average molecular weight is 472 g/mol. The standard InChI is InChI=1S/C23H26ClN5O4/c1-22(2)10-8-15(32-22)19-26-20(33-27-19)16-18-21(30)29(23(3)9-5-11-31-23)17-13(24)6-4-7-14(17)28(18)12-25-16/h4,6-7,12,15-16,18H,5,8-11H2,1-3H3. The van der Waals surface area contributed by atoms with Crippen molar-refractivity contribution >= 4 is 35.2 Å². The third-order valence-electron chi connectivity index (χ3n) is 7.03. The fraction of sp³-hybridized carbons (Fsp3) is 0.565. The van der Waals surface area contributed by atoms with Crippen molar-refractivity contribution in [3.63, 3.8) is 0 Å². The molecule has 1 aromatic carbocycles. The van der Waals surface area contributed by atoms with Crippen LogP contribution in [0.2, 0.25) is 5.02 Å². The topological polar surface area (TPSA) is 93.3 Å². The zero-order valence-electron chi connectivity index (χ0n) is 18.8. The molecule has 0 aliphatic carbocycles. The summed E-state index contributed by atoms with van der Waals surface area (Å²) in [5.74, 6) is 0.651. The molecule has 5 heterocycles. The first-order valence-corrected chi connectivity index (χ1v) is 11.7. The maximum atomic E-state index is 14.0. The Morgan fingerprint density at radius 1 is 1.21 bits per heavy atom. The highest BCUT2D eigenvalue weighted by Gasteiger charge is 2.54. The van der Waals surface area contributed by atoms with Crippen molar-refractivity contribution in [2.45, 2.75) is 76.0 Å². The van der Waals surface area contributed by atoms with Crippen LogP contribution in [0.1, 0.15) is 70.3 Å². The average Bonchev–Trinajstić information content (AvgIpc) is 3.54. The number of halogens is 1. The summed E-state index contributed by atoms with van der Waals surface area (Å²) in [6, 6.07) is 4.31. The molecular formula is C23H26ClN5O4. The zero-order valence-corrected chi connectivity index (χ0v) is 19.6. The summed E-state index contributed by atoms with van der Waals surface area (Å²) in [7, 11) is 0. The molecule has 4 atom stereocenters. The first-order chi connectivity index (χ1) is 15.8. The van der Waals surface area contributed by atoms with Gasteiger partial charge in [0.05, 0.1) is 28.3 Å². The lowest BCUT2D eigenvalue weighted by Gasteiger charge is -2.46. The summed E-state index contributed by atoms with van der Waals surface area (Å²) in [6.07, 6.45) is 4.78. The van der Waals surface area contributed by atoms with E-state index in [4.69, 9.17) is 25.6 Å². The molecule has 4 unspecified atom stereocenters. The summed E-state index contributed by atoms with van der Waals surface area (Å²) in [6.45, 7) is 6.64. The number of fused-ring (bicyclic) bond motifs is 3. The number of carbonyl (C=O) groups excluding carboxylic acids is 1. The van der Waals surface area contributed by atoms with Crippen LogP contribution in [-0.4, -0.2) is 46.4 Å². The van der Waals surface area contributed by atoms with E-state index in [-0.39, 0.29) is 17.6 Å². The van der Waals surface area contributed by atoms with Gasteiger partial charge in [0, 0.05) is 6.61 Å². The van der Waals surface area contributed by atoms with E-state index in [1.54, 1.807) is 17.3 Å². The van der Waals surface area contributed by atoms with E-state index in [0.717, 1.165) is 31.4 Å². The fourth-order valence-corrected chi connectivity index (χ4v) is 5.62. The summed E-state index contributed by atoms with van der Waals surface area (Å²) in [5, 5.41) is 4.66. The van der Waals surface area contributed by atoms with E-state index in [1.807, 2.05) is 24.0 Å². The Morgan fingerprint density at radius 3 is 2.79 bits per heavy atom. The first-order valence-electron chi connectivity index (χ1n) is 11.4. The molecule has 0 saturated carbocycles. The van der Waals surface area contributed by atoms with Crippen LogP contribution in [0.3, 0.4) is 0 Å². The SMILES string of the molecule is CC1(C)CCC(c2noc(C3N=CN4c5cccc(Cl)c5N(C5(C)CCCO5)C(=O)C34)n2)O1. The highest BCUT2D eigenvalue weighted by atomic mass is 35.5. The second kappa shape index (κ2) is 7.25. The van der Waals surface area contributed by atoms with Crippen LogP contribution in [0.4, 0.5) is 11.4 Å². The van der Waals surface area contributed by atoms with E-state index >= 15 is 0 Å². The minimum atomic E-state index is -0.778. The lowest BCUT2D eigenvalue weighted by Crippen LogP contribution is -2.60. The third-order valence-corrected chi connectivity index (χ3v) is 7.34. The Bertz CT molecular complexity index is 1140. The predicted octanol–water partition coefficient (Wildman–Crippen LogP) is 4.18. The number of hydrogen-bond donors (Lipinski definition) is 0. The maximum Gasteiger partial charge on any atom is 0.255 e. The number of ether oxygens (including phenoxy) is 2. The van der Waals surface area contributed by atoms with Gasteiger partial charge in [-0.1, -0.05) is 22.8 Å². The molecule has 2 aromatic rings. The summed E-state index contributed by atoms with van der Waals surface area (Å²) in [4.78, 5) is 26.8. The molecule has 1 amide bonds. The van der Waals surface area contributed by atoms with Crippen molar-refractivity contribution in [1.29, 1.82) is 0 Å². The Labute approximate surface area is 196 Å². The quantitative estimate of drug-likeness (QED) is 0.662. The van der Waals surface area contributed by atoms with E-state index in [0.29, 0.717) is 29.0 Å². The largest absolute Gasteiger partial charge is 0.364 e. The maximum absolute atomic E-state index is 14.0. The van der Waals surface area contributed by atoms with E-state index in [2.05, 4.69) is 29.0 Å². The lowest BCUT2D eigenvalue weighted by molar-refractivity contribution is -0.125. The molecule has 10 heteroatoms. The minimum Gasteiger partial charge on any atom is -0.364 e. The fourth-order valence-electron chi connectivity index (χ4n) is 5.36. The summed E-state index contributed by atoms with van der Waals surface area (Å²) in [5.41, 5.74) is 0.451. The predicted molar refractivity (Wildman–Crippen MR) is 121 cm³/mol. The smallest absolute Gasteiger partial charge is 0.255 e. The molecule has 0 spiro atoms. The molecule has 0 radical (unpaired) electrons. The molecule has 1 aromatic heterocycles. The van der Waals surface area contributed by atoms with Gasteiger partial charge >= 0.3 is 0 Å². The second-order valence-corrected chi connectivity index (χ2v) is 10.3. The van der Waals surface area contributed by atoms with Crippen LogP contribution >= 0.6 is 11.6 Å². The molecular weight excluding hydrogens is 446 g/mol. The minimum absolute atomic E-state index is 0.152. The molecule has 33 heavy (non-hydrogen) atoms. The van der Waals surface area contributed by atoms with Gasteiger partial charge in [-0.25, -0.2) is 0 Å². The van der Waals surface area contributed by atoms with Gasteiger partial charge in [-0.3, -0.25) is 14.7 Å². The monoisotopic (exact) mass is 471 g/mol. The number of aliphatic imine (C=N–C) groups is 1. The van der Waals surface area contributed by atoms with E-state index < -0.39 is 17.8 Å². The van der Waals surface area contributed by atoms with Crippen molar-refractivity contribution in [3.05, 3.63) is 34.9 Å². The molecule has 4 aliphatic heterocycles. The van der Waals surface area contributed by atoms with Gasteiger partial charge < -0.3 is 18.9 Å². The molecule has 174 valence electrons. The number of benzene rings is 1. The van der Waals surface area contributed by atoms with E-state index in [9.17, 15) is 4.79 Å². The molecule has 2 saturated heterocycles. The van der Waals surface area contributed by atoms with Crippen LogP contribution < -0.4 is 9.80 Å². The van der Waals surface area contributed by atoms with Gasteiger partial charge in [-0.05, 0) is 58.6 Å². The number of anilines is 2. The van der Waals surface area contributed by atoms with Crippen LogP contribution in [0.5, 0.6) is 0 Å². The second-order valence-electron chi connectivity index (χ2n) is 9.87. The number of nitrogens with zero attached hydrogens (tertiary/aromatic N) is 5. The van der Waals surface area contributed by atoms with Gasteiger partial charge in [0.15, 0.2) is 6.04 Å². The number of para-hydroxylation sites is 1. The molecule has 6 rings (SSSR count). The Kier molecular flexibility index (Phi) is 4.63. The van der Waals surface area contributed by atoms with Crippen LogP contribution in [0, 0.1) is 0 Å². The molecule has 4 aliphatic rings. The number of carbonyl (C=O) groups is 1. The van der Waals surface area contributed by atoms with Gasteiger partial charge in [-0.15, -0.1) is 0 Å². The van der Waals surface area contributed by atoms with Gasteiger partial charge in [0.1, 0.15) is 17.9 Å². The summed E-state index contributed by atoms with van der Waals surface area (Å²) < 4.78 is 17.7. The Morgan fingerprint density at radius 2 is 2.06 bits per heavy atom. The molecule has 2 fully saturated rings. The third kappa shape index (κ3) is 3.20. The van der Waals surface area contributed by atoms with E-state index in [1.165, 1.54) is 0 Å². The Balaban J connectivity index is 1.38. The molecule has 9 nitrogen and oxygen atoms in total. The van der Waals surface area contributed by atoms with Gasteiger partial charge in [0.25, 0.3) is 11.8 Å². The number of aromatic nitrogens is 2. The lowest BCUT2D eigenvalue weighted by atomic mass is 9.97. The van der Waals surface area contributed by atoms with Crippen LogP contribution in [0.15, 0.2) is 27.7 Å². The van der Waals surface area contributed by atoms with Crippen molar-refractivity contribution in [3.8, 4) is 0 Å². The number of hydrogen-bond acceptors (Lipinski definition) is 8. The van der Waals surface area contributed by atoms with Crippen molar-refractivity contribution in [1.82, 2.24) is 10.1 Å². The normalized spacial score (nSPS) is 32.5. The van der Waals surface area contributed by atoms with Crippen LogP contribution in [0.25, 0.3) is 0 Å². The number of amides is 1. The Hall–Kier alpha value is -2.49. The number of rotatable bonds is 3. The first kappa shape index (κ1) is 21.1. The van der Waals surface area contributed by atoms with Crippen molar-refractivity contribution in [2.24, 2.45) is 4.99 Å². The summed E-state index contributed by atoms with van der Waals surface area (Å²) >= 11 is 6.61. The van der Waals surface area contributed by atoms with Crippen molar-refractivity contribution < 1.29 is 18.8 Å². The highest BCUT2D eigenvalue weighted by molar-refractivity contribution is 6.35. The van der Waals surface area contributed by atoms with Crippen LogP contribution in [-0.2, 0) is 14.3 Å². The highest BCUT2D eigenvalue weighted by Crippen LogP contribution is 2.50. The van der Waals surface area contributed by atoms with Gasteiger partial charge in [0.2, 0.25) is 5.82 Å². The molecule has 0 bridgehead atoms. The molecule has 0 N–H and O–H groups in total. The van der Waals surface area contributed by atoms with Crippen molar-refractivity contribution in [2.75, 3.05) is 16.4 Å². The van der Waals surface area contributed by atoms with Gasteiger partial charge in [-0.2, -0.15) is 4.98 Å².